The maximum atomic E-state index is 12.4. The highest BCUT2D eigenvalue weighted by atomic mass is 16.5. The number of amides is 1. The number of nitrogens with zero attached hydrogens (tertiary/aromatic N) is 3. The van der Waals surface area contributed by atoms with Crippen molar-refractivity contribution in [1.29, 1.82) is 0 Å². The molecule has 1 N–H and O–H groups in total. The third-order valence-electron chi connectivity index (χ3n) is 4.48. The van der Waals surface area contributed by atoms with Crippen molar-refractivity contribution in [3.8, 4) is 5.75 Å². The van der Waals surface area contributed by atoms with E-state index in [4.69, 9.17) is 4.74 Å². The minimum absolute atomic E-state index is 0.0965. The van der Waals surface area contributed by atoms with Crippen LogP contribution in [0.1, 0.15) is 17.5 Å². The third kappa shape index (κ3) is 6.30. The predicted octanol–water partition coefficient (Wildman–Crippen LogP) is 2.75. The van der Waals surface area contributed by atoms with Crippen molar-refractivity contribution in [2.45, 2.75) is 19.5 Å². The number of ether oxygens (including phenoxy) is 1. The number of guanidine groups is 1. The molecule has 6 heteroatoms. The van der Waals surface area contributed by atoms with E-state index in [0.717, 1.165) is 22.8 Å². The lowest BCUT2D eigenvalue weighted by molar-refractivity contribution is -0.130. The minimum Gasteiger partial charge on any atom is -0.496 e. The largest absolute Gasteiger partial charge is 0.496 e. The summed E-state index contributed by atoms with van der Waals surface area (Å²) in [6.07, 6.45) is 0.408. The van der Waals surface area contributed by atoms with Crippen LogP contribution in [0.25, 0.3) is 0 Å². The molecular weight excluding hydrogens is 352 g/mol. The zero-order valence-corrected chi connectivity index (χ0v) is 17.2. The van der Waals surface area contributed by atoms with Gasteiger partial charge in [0.05, 0.1) is 7.11 Å². The SMILES string of the molecule is CN=C(NCCC(=O)N(C)Cc1ccccc1)N(C)Cc1ccccc1OC. The zero-order chi connectivity index (χ0) is 20.4. The Labute approximate surface area is 167 Å². The van der Waals surface area contributed by atoms with Crippen molar-refractivity contribution in [2.24, 2.45) is 4.99 Å². The van der Waals surface area contributed by atoms with Crippen LogP contribution >= 0.6 is 0 Å². The number of methoxy groups -OCH3 is 1. The van der Waals surface area contributed by atoms with Crippen molar-refractivity contribution in [1.82, 2.24) is 15.1 Å². The fraction of sp³-hybridized carbons (Fsp3) is 0.364. The van der Waals surface area contributed by atoms with Crippen LogP contribution in [0, 0.1) is 0 Å². The first kappa shape index (κ1) is 21.3. The molecule has 2 aromatic rings. The van der Waals surface area contributed by atoms with Gasteiger partial charge in [-0.15, -0.1) is 0 Å². The Hall–Kier alpha value is -3.02. The van der Waals surface area contributed by atoms with Gasteiger partial charge in [-0.05, 0) is 11.6 Å². The van der Waals surface area contributed by atoms with Crippen LogP contribution in [0.2, 0.25) is 0 Å². The van der Waals surface area contributed by atoms with Gasteiger partial charge in [-0.3, -0.25) is 9.79 Å². The molecule has 0 saturated heterocycles. The number of hydrogen-bond acceptors (Lipinski definition) is 3. The lowest BCUT2D eigenvalue weighted by atomic mass is 10.2. The van der Waals surface area contributed by atoms with Crippen molar-refractivity contribution >= 4 is 11.9 Å². The summed E-state index contributed by atoms with van der Waals surface area (Å²) in [5, 5.41) is 3.26. The lowest BCUT2D eigenvalue weighted by Gasteiger charge is -2.23. The number of carbonyl (C=O) groups is 1. The first-order valence-corrected chi connectivity index (χ1v) is 9.36. The Morgan fingerprint density at radius 2 is 1.68 bits per heavy atom. The van der Waals surface area contributed by atoms with E-state index >= 15 is 0 Å². The van der Waals surface area contributed by atoms with Crippen LogP contribution in [-0.4, -0.2) is 56.5 Å². The topological polar surface area (TPSA) is 57.2 Å². The highest BCUT2D eigenvalue weighted by molar-refractivity contribution is 5.81. The Morgan fingerprint density at radius 1 is 1.00 bits per heavy atom. The van der Waals surface area contributed by atoms with Gasteiger partial charge >= 0.3 is 0 Å². The summed E-state index contributed by atoms with van der Waals surface area (Å²) >= 11 is 0. The van der Waals surface area contributed by atoms with Crippen LogP contribution in [0.15, 0.2) is 59.6 Å². The van der Waals surface area contributed by atoms with Crippen LogP contribution < -0.4 is 10.1 Å². The van der Waals surface area contributed by atoms with E-state index in [2.05, 4.69) is 10.3 Å². The number of hydrogen-bond donors (Lipinski definition) is 1. The van der Waals surface area contributed by atoms with E-state index in [1.165, 1.54) is 0 Å². The first-order chi connectivity index (χ1) is 13.5. The predicted molar refractivity (Wildman–Crippen MR) is 113 cm³/mol. The van der Waals surface area contributed by atoms with E-state index in [1.54, 1.807) is 19.1 Å². The Morgan fingerprint density at radius 3 is 2.36 bits per heavy atom. The van der Waals surface area contributed by atoms with Crippen molar-refractivity contribution in [2.75, 3.05) is 34.8 Å². The highest BCUT2D eigenvalue weighted by Crippen LogP contribution is 2.18. The van der Waals surface area contributed by atoms with Crippen LogP contribution in [0.5, 0.6) is 5.75 Å². The van der Waals surface area contributed by atoms with Gasteiger partial charge in [-0.25, -0.2) is 0 Å². The maximum Gasteiger partial charge on any atom is 0.224 e. The van der Waals surface area contributed by atoms with Gasteiger partial charge in [0.1, 0.15) is 5.75 Å². The average Bonchev–Trinajstić information content (AvgIpc) is 2.72. The number of para-hydroxylation sites is 1. The van der Waals surface area contributed by atoms with Gasteiger partial charge in [0, 0.05) is 52.8 Å². The van der Waals surface area contributed by atoms with Gasteiger partial charge in [-0.1, -0.05) is 48.5 Å². The molecular formula is C22H30N4O2. The molecule has 2 aromatic carbocycles. The van der Waals surface area contributed by atoms with E-state index in [0.29, 0.717) is 26.1 Å². The minimum atomic E-state index is 0.0965. The number of nitrogens with one attached hydrogen (secondary N) is 1. The summed E-state index contributed by atoms with van der Waals surface area (Å²) in [5.74, 6) is 1.69. The number of benzene rings is 2. The summed E-state index contributed by atoms with van der Waals surface area (Å²) in [7, 11) is 7.21. The van der Waals surface area contributed by atoms with Crippen LogP contribution in [0.4, 0.5) is 0 Å². The smallest absolute Gasteiger partial charge is 0.224 e. The van der Waals surface area contributed by atoms with Gasteiger partial charge in [0.2, 0.25) is 5.91 Å². The standard InChI is InChI=1S/C22H30N4O2/c1-23-22(26(3)17-19-12-8-9-13-20(19)28-4)24-15-14-21(27)25(2)16-18-10-6-5-7-11-18/h5-13H,14-17H2,1-4H3,(H,23,24). The van der Waals surface area contributed by atoms with Crippen molar-refractivity contribution in [3.63, 3.8) is 0 Å². The molecule has 0 aliphatic rings. The van der Waals surface area contributed by atoms with Gasteiger partial charge in [-0.2, -0.15) is 0 Å². The molecule has 0 atom stereocenters. The first-order valence-electron chi connectivity index (χ1n) is 9.36. The maximum absolute atomic E-state index is 12.4. The summed E-state index contributed by atoms with van der Waals surface area (Å²) in [6, 6.07) is 17.9. The summed E-state index contributed by atoms with van der Waals surface area (Å²) in [6.45, 7) is 1.80. The molecule has 2 rings (SSSR count). The molecule has 0 aromatic heterocycles. The van der Waals surface area contributed by atoms with Gasteiger partial charge in [0.15, 0.2) is 5.96 Å². The van der Waals surface area contributed by atoms with Crippen molar-refractivity contribution < 1.29 is 9.53 Å². The highest BCUT2D eigenvalue weighted by Gasteiger charge is 2.12. The molecule has 28 heavy (non-hydrogen) atoms. The molecule has 1 amide bonds. The normalized spacial score (nSPS) is 11.1. The lowest BCUT2D eigenvalue weighted by Crippen LogP contribution is -2.40. The molecule has 0 heterocycles. The molecule has 0 fully saturated rings. The number of carbonyl (C=O) groups excluding carboxylic acids is 1. The number of rotatable bonds is 8. The summed E-state index contributed by atoms with van der Waals surface area (Å²) in [5.41, 5.74) is 2.20. The van der Waals surface area contributed by atoms with Crippen LogP contribution in [0.3, 0.4) is 0 Å². The Balaban J connectivity index is 1.82. The average molecular weight is 383 g/mol. The summed E-state index contributed by atoms with van der Waals surface area (Å²) < 4.78 is 5.41. The van der Waals surface area contributed by atoms with E-state index in [9.17, 15) is 4.79 Å². The summed E-state index contributed by atoms with van der Waals surface area (Å²) in [4.78, 5) is 20.5. The molecule has 0 saturated carbocycles. The van der Waals surface area contributed by atoms with E-state index in [1.807, 2.05) is 73.6 Å². The van der Waals surface area contributed by atoms with Gasteiger partial charge in [0.25, 0.3) is 0 Å². The molecule has 0 radical (unpaired) electrons. The quantitative estimate of drug-likeness (QED) is 0.563. The molecule has 6 nitrogen and oxygen atoms in total. The van der Waals surface area contributed by atoms with E-state index < -0.39 is 0 Å². The molecule has 0 bridgehead atoms. The monoisotopic (exact) mass is 382 g/mol. The fourth-order valence-electron chi connectivity index (χ4n) is 2.97. The second-order valence-corrected chi connectivity index (χ2v) is 6.63. The molecule has 0 unspecified atom stereocenters. The molecule has 0 aliphatic heterocycles. The Bertz CT molecular complexity index is 777. The second-order valence-electron chi connectivity index (χ2n) is 6.63. The van der Waals surface area contributed by atoms with Gasteiger partial charge < -0.3 is 19.9 Å². The van der Waals surface area contributed by atoms with Crippen LogP contribution in [-0.2, 0) is 17.9 Å². The fourth-order valence-corrected chi connectivity index (χ4v) is 2.97. The molecule has 150 valence electrons. The third-order valence-corrected chi connectivity index (χ3v) is 4.48. The molecule has 0 spiro atoms. The second kappa shape index (κ2) is 11.0. The number of aliphatic imine (C=N–C) groups is 1. The zero-order valence-electron chi connectivity index (χ0n) is 17.2. The van der Waals surface area contributed by atoms with E-state index in [-0.39, 0.29) is 5.91 Å². The molecule has 0 aliphatic carbocycles. The van der Waals surface area contributed by atoms with Crippen molar-refractivity contribution in [3.05, 3.63) is 65.7 Å². The Kier molecular flexibility index (Phi) is 8.34.